The molecular formula is C14H21ClN2O2. The number of nitrogens with two attached hydrogens (primary N) is 1. The van der Waals surface area contributed by atoms with Crippen molar-refractivity contribution >= 4 is 24.0 Å². The average Bonchev–Trinajstić information content (AvgIpc) is 2.39. The van der Waals surface area contributed by atoms with Crippen LogP contribution in [0.1, 0.15) is 30.1 Å². The molecule has 0 bridgehead atoms. The van der Waals surface area contributed by atoms with Gasteiger partial charge in [0.2, 0.25) is 0 Å². The van der Waals surface area contributed by atoms with Crippen molar-refractivity contribution in [3.05, 3.63) is 29.8 Å². The maximum atomic E-state index is 12.2. The number of aliphatic hydroxyl groups excluding tert-OH is 1. The molecule has 0 aliphatic carbocycles. The quantitative estimate of drug-likeness (QED) is 0.816. The molecule has 106 valence electrons. The van der Waals surface area contributed by atoms with E-state index < -0.39 is 0 Å². The second-order valence-electron chi connectivity index (χ2n) is 4.99. The van der Waals surface area contributed by atoms with E-state index in [1.807, 2.05) is 11.8 Å². The van der Waals surface area contributed by atoms with Gasteiger partial charge in [0.05, 0.1) is 6.10 Å². The summed E-state index contributed by atoms with van der Waals surface area (Å²) in [6.07, 6.45) is 1.47. The fraction of sp³-hybridized carbons (Fsp3) is 0.500. The van der Waals surface area contributed by atoms with E-state index in [1.165, 1.54) is 0 Å². The lowest BCUT2D eigenvalue weighted by molar-refractivity contribution is 0.0521. The van der Waals surface area contributed by atoms with Crippen molar-refractivity contribution in [3.8, 4) is 0 Å². The highest BCUT2D eigenvalue weighted by atomic mass is 35.5. The van der Waals surface area contributed by atoms with Crippen LogP contribution in [0.25, 0.3) is 0 Å². The third-order valence-corrected chi connectivity index (χ3v) is 3.67. The molecule has 1 aromatic carbocycles. The number of amides is 1. The van der Waals surface area contributed by atoms with Gasteiger partial charge in [-0.1, -0.05) is 0 Å². The fourth-order valence-corrected chi connectivity index (χ4v) is 2.39. The van der Waals surface area contributed by atoms with Crippen LogP contribution in [0.2, 0.25) is 0 Å². The van der Waals surface area contributed by atoms with Gasteiger partial charge in [-0.3, -0.25) is 4.79 Å². The first kappa shape index (κ1) is 15.8. The van der Waals surface area contributed by atoms with Crippen molar-refractivity contribution in [2.75, 3.05) is 18.8 Å². The first-order valence-corrected chi connectivity index (χ1v) is 6.41. The SMILES string of the molecule is CC(O)C1CCN(C(=O)c2ccc(N)cc2)CC1.Cl. The molecule has 1 saturated heterocycles. The molecule has 1 aromatic rings. The van der Waals surface area contributed by atoms with Gasteiger partial charge in [0, 0.05) is 24.3 Å². The van der Waals surface area contributed by atoms with Crippen LogP contribution in [0.3, 0.4) is 0 Å². The monoisotopic (exact) mass is 284 g/mol. The number of piperidine rings is 1. The Morgan fingerprint density at radius 1 is 1.32 bits per heavy atom. The van der Waals surface area contributed by atoms with Gasteiger partial charge in [0.25, 0.3) is 5.91 Å². The predicted octanol–water partition coefficient (Wildman–Crippen LogP) is 1.92. The highest BCUT2D eigenvalue weighted by Gasteiger charge is 2.25. The number of nitrogen functional groups attached to an aromatic ring is 1. The molecule has 1 aliphatic heterocycles. The van der Waals surface area contributed by atoms with Crippen LogP contribution < -0.4 is 5.73 Å². The summed E-state index contributed by atoms with van der Waals surface area (Å²) in [4.78, 5) is 14.1. The van der Waals surface area contributed by atoms with Gasteiger partial charge < -0.3 is 15.7 Å². The van der Waals surface area contributed by atoms with Gasteiger partial charge in [-0.2, -0.15) is 0 Å². The van der Waals surface area contributed by atoms with Crippen molar-refractivity contribution in [1.82, 2.24) is 4.90 Å². The zero-order chi connectivity index (χ0) is 13.1. The van der Waals surface area contributed by atoms with Gasteiger partial charge in [-0.25, -0.2) is 0 Å². The number of hydrogen-bond acceptors (Lipinski definition) is 3. The van der Waals surface area contributed by atoms with Crippen molar-refractivity contribution < 1.29 is 9.90 Å². The number of nitrogens with zero attached hydrogens (tertiary/aromatic N) is 1. The molecule has 1 amide bonds. The summed E-state index contributed by atoms with van der Waals surface area (Å²) in [6.45, 7) is 3.26. The lowest BCUT2D eigenvalue weighted by atomic mass is 9.92. The first-order valence-electron chi connectivity index (χ1n) is 6.41. The average molecular weight is 285 g/mol. The summed E-state index contributed by atoms with van der Waals surface area (Å²) < 4.78 is 0. The molecule has 1 unspecified atom stereocenters. The Balaban J connectivity index is 0.00000180. The van der Waals surface area contributed by atoms with Gasteiger partial charge in [0.15, 0.2) is 0 Å². The number of halogens is 1. The van der Waals surface area contributed by atoms with Crippen LogP contribution in [0.4, 0.5) is 5.69 Å². The minimum atomic E-state index is -0.279. The Bertz CT molecular complexity index is 412. The predicted molar refractivity (Wildman–Crippen MR) is 78.4 cm³/mol. The molecule has 1 atom stereocenters. The molecule has 0 spiro atoms. The minimum Gasteiger partial charge on any atom is -0.399 e. The minimum absolute atomic E-state index is 0. The zero-order valence-corrected chi connectivity index (χ0v) is 11.9. The summed E-state index contributed by atoms with van der Waals surface area (Å²) in [5.74, 6) is 0.375. The van der Waals surface area contributed by atoms with Crippen LogP contribution in [0.5, 0.6) is 0 Å². The number of hydrogen-bond donors (Lipinski definition) is 2. The highest BCUT2D eigenvalue weighted by Crippen LogP contribution is 2.22. The summed E-state index contributed by atoms with van der Waals surface area (Å²) in [5, 5.41) is 9.53. The Kier molecular flexibility index (Phi) is 5.63. The van der Waals surface area contributed by atoms with E-state index in [0.717, 1.165) is 25.9 Å². The Morgan fingerprint density at radius 2 is 1.84 bits per heavy atom. The fourth-order valence-electron chi connectivity index (χ4n) is 2.39. The maximum absolute atomic E-state index is 12.2. The lowest BCUT2D eigenvalue weighted by Gasteiger charge is -2.33. The van der Waals surface area contributed by atoms with Gasteiger partial charge in [-0.05, 0) is 49.9 Å². The molecule has 0 radical (unpaired) electrons. The number of carbonyl (C=O) groups is 1. The second-order valence-corrected chi connectivity index (χ2v) is 4.99. The Hall–Kier alpha value is -1.26. The van der Waals surface area contributed by atoms with E-state index in [9.17, 15) is 9.90 Å². The van der Waals surface area contributed by atoms with Crippen molar-refractivity contribution in [2.45, 2.75) is 25.9 Å². The normalized spacial score (nSPS) is 17.7. The first-order chi connectivity index (χ1) is 8.58. The molecule has 3 N–H and O–H groups in total. The van der Waals surface area contributed by atoms with Gasteiger partial charge in [-0.15, -0.1) is 12.4 Å². The highest BCUT2D eigenvalue weighted by molar-refractivity contribution is 5.94. The molecule has 2 rings (SSSR count). The van der Waals surface area contributed by atoms with Crippen LogP contribution in [-0.4, -0.2) is 35.1 Å². The number of carbonyl (C=O) groups excluding carboxylic acids is 1. The molecule has 4 nitrogen and oxygen atoms in total. The third kappa shape index (κ3) is 3.85. The van der Waals surface area contributed by atoms with E-state index in [0.29, 0.717) is 17.2 Å². The molecule has 0 saturated carbocycles. The molecule has 1 heterocycles. The van der Waals surface area contributed by atoms with Crippen molar-refractivity contribution in [1.29, 1.82) is 0 Å². The van der Waals surface area contributed by atoms with Crippen LogP contribution in [0, 0.1) is 5.92 Å². The molecule has 1 aliphatic rings. The maximum Gasteiger partial charge on any atom is 0.253 e. The summed E-state index contributed by atoms with van der Waals surface area (Å²) in [5.41, 5.74) is 6.95. The molecule has 19 heavy (non-hydrogen) atoms. The van der Waals surface area contributed by atoms with E-state index in [-0.39, 0.29) is 24.4 Å². The molecule has 1 fully saturated rings. The number of rotatable bonds is 2. The summed E-state index contributed by atoms with van der Waals surface area (Å²) in [7, 11) is 0. The smallest absolute Gasteiger partial charge is 0.253 e. The molecule has 0 aromatic heterocycles. The Labute approximate surface area is 120 Å². The topological polar surface area (TPSA) is 66.6 Å². The van der Waals surface area contributed by atoms with E-state index in [1.54, 1.807) is 24.3 Å². The van der Waals surface area contributed by atoms with Crippen LogP contribution in [-0.2, 0) is 0 Å². The summed E-state index contributed by atoms with van der Waals surface area (Å²) in [6, 6.07) is 7.02. The number of likely N-dealkylation sites (tertiary alicyclic amines) is 1. The van der Waals surface area contributed by atoms with Crippen LogP contribution in [0.15, 0.2) is 24.3 Å². The van der Waals surface area contributed by atoms with E-state index in [4.69, 9.17) is 5.73 Å². The van der Waals surface area contributed by atoms with Gasteiger partial charge in [0.1, 0.15) is 0 Å². The molecular weight excluding hydrogens is 264 g/mol. The number of aliphatic hydroxyl groups is 1. The number of anilines is 1. The number of benzene rings is 1. The lowest BCUT2D eigenvalue weighted by Crippen LogP contribution is -2.40. The largest absolute Gasteiger partial charge is 0.399 e. The van der Waals surface area contributed by atoms with Gasteiger partial charge >= 0.3 is 0 Å². The van der Waals surface area contributed by atoms with E-state index >= 15 is 0 Å². The summed E-state index contributed by atoms with van der Waals surface area (Å²) >= 11 is 0. The van der Waals surface area contributed by atoms with E-state index in [2.05, 4.69) is 0 Å². The van der Waals surface area contributed by atoms with Crippen LogP contribution >= 0.6 is 12.4 Å². The van der Waals surface area contributed by atoms with Crippen molar-refractivity contribution in [2.24, 2.45) is 5.92 Å². The Morgan fingerprint density at radius 3 is 2.32 bits per heavy atom. The van der Waals surface area contributed by atoms with Crippen molar-refractivity contribution in [3.63, 3.8) is 0 Å². The standard InChI is InChI=1S/C14H20N2O2.ClH/c1-10(17)11-6-8-16(9-7-11)14(18)12-2-4-13(15)5-3-12;/h2-5,10-11,17H,6-9,15H2,1H3;1H. The zero-order valence-electron chi connectivity index (χ0n) is 11.1. The third-order valence-electron chi connectivity index (χ3n) is 3.67. The molecule has 5 heteroatoms. The second kappa shape index (κ2) is 6.78.